The van der Waals surface area contributed by atoms with Crippen LogP contribution in [-0.2, 0) is 27.7 Å². The van der Waals surface area contributed by atoms with Crippen LogP contribution in [0.3, 0.4) is 0 Å². The highest BCUT2D eigenvalue weighted by Crippen LogP contribution is 2.21. The van der Waals surface area contributed by atoms with Gasteiger partial charge in [-0.15, -0.1) is 0 Å². The summed E-state index contributed by atoms with van der Waals surface area (Å²) in [7, 11) is -2.86. The second kappa shape index (κ2) is 12.4. The average Bonchev–Trinajstić information content (AvgIpc) is 2.77. The molecule has 0 saturated heterocycles. The van der Waals surface area contributed by atoms with Gasteiger partial charge < -0.3 is 15.5 Å². The summed E-state index contributed by atoms with van der Waals surface area (Å²) in [6.45, 7) is 4.06. The number of β-amino-alcohol motifs (C(OH)–C–C–N with tert-alkyl or cyclic N) is 1. The van der Waals surface area contributed by atoms with Gasteiger partial charge in [0.15, 0.2) is 0 Å². The number of carbonyl (C=O) groups is 1. The number of likely N-dealkylation sites (N-methyl/N-ethyl adjacent to an activating group) is 1. The van der Waals surface area contributed by atoms with Crippen LogP contribution in [0.5, 0.6) is 0 Å². The van der Waals surface area contributed by atoms with Crippen LogP contribution < -0.4 is 5.32 Å². The molecule has 7 nitrogen and oxygen atoms in total. The van der Waals surface area contributed by atoms with E-state index in [2.05, 4.69) is 17.4 Å². The summed E-state index contributed by atoms with van der Waals surface area (Å²) in [5.41, 5.74) is 1.43. The summed E-state index contributed by atoms with van der Waals surface area (Å²) in [5.74, 6) is -1.96. The van der Waals surface area contributed by atoms with Crippen LogP contribution in [0.4, 0.5) is 4.39 Å². The lowest BCUT2D eigenvalue weighted by Crippen LogP contribution is -2.46. The van der Waals surface area contributed by atoms with Crippen LogP contribution in [-0.4, -0.2) is 60.7 Å². The molecular formula is C25H35FN2O5S. The monoisotopic (exact) mass is 494 g/mol. The number of hydrogen-bond acceptors (Lipinski definition) is 5. The molecule has 2 aromatic carbocycles. The van der Waals surface area contributed by atoms with Gasteiger partial charge in [-0.05, 0) is 62.8 Å². The maximum atomic E-state index is 14.5. The molecule has 0 saturated carbocycles. The van der Waals surface area contributed by atoms with Crippen LogP contribution in [0.1, 0.15) is 44.2 Å². The SMILES string of the molecule is CN(C[C@H](O)CNC(C)(C)CCCc1ccccc1)S(=O)(=O)c1ccc(CCC(=O)O)cc1F. The number of nitrogens with zero attached hydrogens (tertiary/aromatic N) is 1. The third kappa shape index (κ3) is 8.79. The molecule has 34 heavy (non-hydrogen) atoms. The molecule has 0 radical (unpaired) electrons. The van der Waals surface area contributed by atoms with Gasteiger partial charge in [-0.3, -0.25) is 4.79 Å². The molecule has 0 spiro atoms. The lowest BCUT2D eigenvalue weighted by atomic mass is 9.95. The first-order valence-electron chi connectivity index (χ1n) is 11.3. The number of carboxylic acids is 1. The van der Waals surface area contributed by atoms with E-state index in [1.165, 1.54) is 18.7 Å². The van der Waals surface area contributed by atoms with E-state index < -0.39 is 32.8 Å². The summed E-state index contributed by atoms with van der Waals surface area (Å²) in [6.07, 6.45) is 1.75. The number of benzene rings is 2. The average molecular weight is 495 g/mol. The van der Waals surface area contributed by atoms with Crippen LogP contribution >= 0.6 is 0 Å². The van der Waals surface area contributed by atoms with Gasteiger partial charge in [0.1, 0.15) is 10.7 Å². The molecule has 2 aromatic rings. The standard InChI is InChI=1S/C25H35FN2O5S/c1-25(2,15-7-10-19-8-5-4-6-9-19)27-17-21(29)18-28(3)34(32,33)23-13-11-20(16-22(23)26)12-14-24(30)31/h4-6,8-9,11,13,16,21,27,29H,7,10,12,14-15,17-18H2,1-3H3,(H,30,31)/t21-/m1/s1. The minimum Gasteiger partial charge on any atom is -0.481 e. The van der Waals surface area contributed by atoms with Gasteiger partial charge in [0.2, 0.25) is 10.0 Å². The largest absolute Gasteiger partial charge is 0.481 e. The molecule has 0 amide bonds. The van der Waals surface area contributed by atoms with E-state index in [1.807, 2.05) is 32.0 Å². The summed E-state index contributed by atoms with van der Waals surface area (Å²) in [5, 5.41) is 22.4. The van der Waals surface area contributed by atoms with Crippen molar-refractivity contribution < 1.29 is 27.8 Å². The Bertz CT molecular complexity index is 1040. The summed E-state index contributed by atoms with van der Waals surface area (Å²) in [6, 6.07) is 13.8. The molecule has 1 atom stereocenters. The zero-order chi connectivity index (χ0) is 25.4. The predicted octanol–water partition coefficient (Wildman–Crippen LogP) is 3.22. The third-order valence-corrected chi connectivity index (χ3v) is 7.56. The molecule has 0 aliphatic heterocycles. The van der Waals surface area contributed by atoms with Crippen LogP contribution in [0.15, 0.2) is 53.4 Å². The molecule has 188 valence electrons. The molecule has 0 aliphatic carbocycles. The van der Waals surface area contributed by atoms with Crippen LogP contribution in [0.2, 0.25) is 0 Å². The topological polar surface area (TPSA) is 107 Å². The molecule has 0 unspecified atom stereocenters. The van der Waals surface area contributed by atoms with Crippen molar-refractivity contribution in [2.45, 2.75) is 62.5 Å². The number of rotatable bonds is 14. The Morgan fingerprint density at radius 2 is 1.79 bits per heavy atom. The Morgan fingerprint density at radius 3 is 2.41 bits per heavy atom. The quantitative estimate of drug-likeness (QED) is 0.372. The highest BCUT2D eigenvalue weighted by atomic mass is 32.2. The Balaban J connectivity index is 1.87. The number of halogens is 1. The Labute approximate surface area is 201 Å². The number of aliphatic hydroxyl groups excluding tert-OH is 1. The van der Waals surface area contributed by atoms with Crippen molar-refractivity contribution in [1.29, 1.82) is 0 Å². The van der Waals surface area contributed by atoms with Gasteiger partial charge in [-0.1, -0.05) is 36.4 Å². The Hall–Kier alpha value is -2.33. The Morgan fingerprint density at radius 1 is 1.12 bits per heavy atom. The third-order valence-electron chi connectivity index (χ3n) is 5.71. The van der Waals surface area contributed by atoms with Gasteiger partial charge in [0.25, 0.3) is 0 Å². The van der Waals surface area contributed by atoms with E-state index in [-0.39, 0.29) is 31.5 Å². The normalized spacial score (nSPS) is 13.2. The molecule has 9 heteroatoms. The van der Waals surface area contributed by atoms with E-state index in [0.717, 1.165) is 35.7 Å². The van der Waals surface area contributed by atoms with E-state index in [9.17, 15) is 22.7 Å². The molecule has 3 N–H and O–H groups in total. The molecule has 0 heterocycles. The number of nitrogens with one attached hydrogen (secondary N) is 1. The predicted molar refractivity (Wildman–Crippen MR) is 130 cm³/mol. The number of aliphatic hydroxyl groups is 1. The van der Waals surface area contributed by atoms with Gasteiger partial charge in [0.05, 0.1) is 6.10 Å². The minimum absolute atomic E-state index is 0.105. The van der Waals surface area contributed by atoms with Crippen molar-refractivity contribution in [1.82, 2.24) is 9.62 Å². The lowest BCUT2D eigenvalue weighted by molar-refractivity contribution is -0.136. The number of aliphatic carboxylic acids is 1. The van der Waals surface area contributed by atoms with Gasteiger partial charge in [-0.25, -0.2) is 12.8 Å². The van der Waals surface area contributed by atoms with E-state index in [1.54, 1.807) is 0 Å². The molecule has 0 bridgehead atoms. The van der Waals surface area contributed by atoms with Gasteiger partial charge >= 0.3 is 5.97 Å². The number of carboxylic acid groups (broad SMARTS) is 1. The summed E-state index contributed by atoms with van der Waals surface area (Å²) < 4.78 is 41.0. The molecule has 0 aliphatic rings. The second-order valence-corrected chi connectivity index (χ2v) is 11.2. The molecular weight excluding hydrogens is 459 g/mol. The number of aryl methyl sites for hydroxylation is 2. The lowest BCUT2D eigenvalue weighted by Gasteiger charge is -2.29. The second-order valence-electron chi connectivity index (χ2n) is 9.20. The van der Waals surface area contributed by atoms with Crippen molar-refractivity contribution in [2.75, 3.05) is 20.1 Å². The molecule has 0 fully saturated rings. The van der Waals surface area contributed by atoms with E-state index in [4.69, 9.17) is 5.11 Å². The van der Waals surface area contributed by atoms with Crippen molar-refractivity contribution in [2.24, 2.45) is 0 Å². The highest BCUT2D eigenvalue weighted by molar-refractivity contribution is 7.89. The van der Waals surface area contributed by atoms with Crippen molar-refractivity contribution in [3.05, 3.63) is 65.5 Å². The van der Waals surface area contributed by atoms with Crippen molar-refractivity contribution in [3.63, 3.8) is 0 Å². The van der Waals surface area contributed by atoms with Gasteiger partial charge in [0, 0.05) is 32.1 Å². The smallest absolute Gasteiger partial charge is 0.303 e. The number of hydrogen-bond donors (Lipinski definition) is 3. The summed E-state index contributed by atoms with van der Waals surface area (Å²) >= 11 is 0. The fourth-order valence-corrected chi connectivity index (χ4v) is 4.90. The van der Waals surface area contributed by atoms with E-state index >= 15 is 0 Å². The zero-order valence-electron chi connectivity index (χ0n) is 20.0. The molecule has 2 rings (SSSR count). The van der Waals surface area contributed by atoms with Crippen LogP contribution in [0.25, 0.3) is 0 Å². The maximum Gasteiger partial charge on any atom is 0.303 e. The molecule has 0 aromatic heterocycles. The van der Waals surface area contributed by atoms with Gasteiger partial charge in [-0.2, -0.15) is 4.31 Å². The first kappa shape index (κ1) is 27.9. The number of sulfonamides is 1. The van der Waals surface area contributed by atoms with Crippen molar-refractivity contribution in [3.8, 4) is 0 Å². The maximum absolute atomic E-state index is 14.5. The zero-order valence-corrected chi connectivity index (χ0v) is 20.8. The fraction of sp³-hybridized carbons (Fsp3) is 0.480. The fourth-order valence-electron chi connectivity index (χ4n) is 3.65. The first-order valence-corrected chi connectivity index (χ1v) is 12.8. The Kier molecular flexibility index (Phi) is 10.2. The first-order chi connectivity index (χ1) is 15.9. The van der Waals surface area contributed by atoms with E-state index in [0.29, 0.717) is 5.56 Å². The summed E-state index contributed by atoms with van der Waals surface area (Å²) in [4.78, 5) is 10.2. The highest BCUT2D eigenvalue weighted by Gasteiger charge is 2.27. The van der Waals surface area contributed by atoms with Crippen LogP contribution in [0, 0.1) is 5.82 Å². The van der Waals surface area contributed by atoms with Crippen molar-refractivity contribution >= 4 is 16.0 Å². The minimum atomic E-state index is -4.16.